The SMILES string of the molecule is C[S+](C)(C)=O.C[S+](C)(C)=O.C[S+](C)(C)=O.C[S+](C)(C)=O.C[S+](C)(C)=O.C[S+](C)(C)=O.C[S+](C)(C)=O.C[S+](C)(C)=O.C[S+](C)(C)=O.C[S+](C)(C)=O.C[S+](C)(C)=O.C[S+](C)(C)=O.F.F.F.F.F.F.[O]=[Sb]([O-])[O-].[O]=[Sb]([O-])[O-].[O]=[Sb]([O-])[O-].[O]=[Sb]([O-])[O-].[O]=[Sb]([O-])[O-].[O]=[Sb]([O-])[O-]. The van der Waals surface area contributed by atoms with E-state index in [9.17, 15) is 50.5 Å². The first kappa shape index (κ1) is 166. The van der Waals surface area contributed by atoms with Gasteiger partial charge in [-0.3, -0.25) is 28.2 Å². The molecule has 0 atom stereocenters. The summed E-state index contributed by atoms with van der Waals surface area (Å²) < 4.78 is 277. The summed E-state index contributed by atoms with van der Waals surface area (Å²) >= 11 is -25.2. The molecule has 0 amide bonds. The van der Waals surface area contributed by atoms with Crippen LogP contribution in [0, 0.1) is 0 Å². The number of hydrogen-bond acceptors (Lipinski definition) is 30. The molecule has 0 unspecified atom stereocenters. The fourth-order valence-electron chi connectivity index (χ4n) is 0. The first-order chi connectivity index (χ1) is 34.4. The third-order valence-electron chi connectivity index (χ3n) is 0. The van der Waals surface area contributed by atoms with E-state index in [-0.39, 0.29) is 28.2 Å². The summed E-state index contributed by atoms with van der Waals surface area (Å²) in [6.07, 6.45) is 61.8. The molecule has 0 aliphatic rings. The van der Waals surface area contributed by atoms with E-state index >= 15 is 0 Å². The first-order valence-electron chi connectivity index (χ1n) is 20.0. The van der Waals surface area contributed by atoms with Gasteiger partial charge in [-0.2, -0.15) is 0 Å². The van der Waals surface area contributed by atoms with Crippen LogP contribution in [0.2, 0.25) is 0 Å². The third-order valence-corrected chi connectivity index (χ3v) is 0. The Bertz CT molecular complexity index is 1640. The molecule has 0 bridgehead atoms. The summed E-state index contributed by atoms with van der Waals surface area (Å²) in [4.78, 5) is 0. The number of hydrogen-bond donors (Lipinski definition) is 0. The van der Waals surface area contributed by atoms with Gasteiger partial charge in [-0.1, -0.05) is 0 Å². The van der Waals surface area contributed by atoms with Gasteiger partial charge in [0, 0.05) is 0 Å². The minimum atomic E-state index is -4.20. The fourth-order valence-corrected chi connectivity index (χ4v) is 0. The Morgan fingerprint density at radius 1 is 0.133 bits per heavy atom. The number of halogens is 6. The predicted molar refractivity (Wildman–Crippen MR) is 364 cm³/mol. The molecule has 0 fully saturated rings. The fraction of sp³-hybridized carbons (Fsp3) is 1.00. The molecule has 0 aliphatic carbocycles. The summed E-state index contributed by atoms with van der Waals surface area (Å²) in [5.74, 6) is 0. The van der Waals surface area contributed by atoms with Gasteiger partial charge in [-0.25, -0.2) is 0 Å². The van der Waals surface area contributed by atoms with Crippen molar-refractivity contribution < 1.29 is 137 Å². The van der Waals surface area contributed by atoms with Gasteiger partial charge in [0.25, 0.3) is 0 Å². The van der Waals surface area contributed by atoms with E-state index in [2.05, 4.69) is 0 Å². The van der Waals surface area contributed by atoms with Gasteiger partial charge in [-0.05, 0) is 0 Å². The molecule has 0 saturated carbocycles. The predicted octanol–water partition coefficient (Wildman–Crippen LogP) is -11.8. The van der Waals surface area contributed by atoms with Crippen molar-refractivity contribution in [3.8, 4) is 0 Å². The molecule has 0 aliphatic heterocycles. The zero-order valence-electron chi connectivity index (χ0n) is 58.3. The van der Waals surface area contributed by atoms with E-state index in [1.165, 1.54) is 0 Å². The molecular formula is C36H114F6O30S12Sb6. The second-order valence-corrected chi connectivity index (χ2v) is 71.1. The van der Waals surface area contributed by atoms with Crippen molar-refractivity contribution in [2.45, 2.75) is 0 Å². The molecule has 6 radical (unpaired) electrons. The average molecular weight is 2260 g/mol. The van der Waals surface area contributed by atoms with Gasteiger partial charge >= 0.3 is 185 Å². The van der Waals surface area contributed by atoms with Crippen molar-refractivity contribution in [3.63, 3.8) is 0 Å². The summed E-state index contributed by atoms with van der Waals surface area (Å²) in [6.45, 7) is 0. The van der Waals surface area contributed by atoms with Crippen LogP contribution in [-0.2, 0) is 188 Å². The Morgan fingerprint density at radius 3 is 0.133 bits per heavy atom. The van der Waals surface area contributed by atoms with Crippen molar-refractivity contribution in [2.75, 3.05) is 225 Å². The molecule has 0 N–H and O–H groups in total. The van der Waals surface area contributed by atoms with E-state index < -0.39 is 245 Å². The second-order valence-electron chi connectivity index (χ2n) is 22.0. The molecule has 0 spiro atoms. The zero-order valence-corrected chi connectivity index (χ0v) is 83.4. The molecule has 0 rings (SSSR count). The van der Waals surface area contributed by atoms with Crippen molar-refractivity contribution in [3.05, 3.63) is 0 Å². The van der Waals surface area contributed by atoms with E-state index in [0.717, 1.165) is 0 Å². The average Bonchev–Trinajstić information content (AvgIpc) is 2.83. The maximum absolute atomic E-state index is 10.2. The van der Waals surface area contributed by atoms with Crippen molar-refractivity contribution in [1.29, 1.82) is 0 Å². The van der Waals surface area contributed by atoms with Gasteiger partial charge < -0.3 is 0 Å². The van der Waals surface area contributed by atoms with Crippen LogP contribution in [0.5, 0.6) is 0 Å². The van der Waals surface area contributed by atoms with E-state index in [1.54, 1.807) is 225 Å². The van der Waals surface area contributed by atoms with Crippen LogP contribution in [0.4, 0.5) is 28.2 Å². The summed E-state index contributed by atoms with van der Waals surface area (Å²) in [7, 11) is -17.0. The van der Waals surface area contributed by atoms with Gasteiger partial charge in [0.2, 0.25) is 0 Å². The Kier molecular flexibility index (Phi) is 166. The van der Waals surface area contributed by atoms with E-state index in [1.807, 2.05) is 0 Å². The van der Waals surface area contributed by atoms with Crippen LogP contribution in [0.25, 0.3) is 0 Å². The molecule has 0 aromatic rings. The molecule has 30 nitrogen and oxygen atoms in total. The van der Waals surface area contributed by atoms with E-state index in [4.69, 9.17) is 58.7 Å². The number of rotatable bonds is 0. The van der Waals surface area contributed by atoms with Crippen LogP contribution in [0.15, 0.2) is 0 Å². The Labute approximate surface area is 599 Å². The minimum absolute atomic E-state index is 0. The molecule has 0 aromatic heterocycles. The van der Waals surface area contributed by atoms with Crippen LogP contribution >= 0.6 is 0 Å². The summed E-state index contributed by atoms with van der Waals surface area (Å²) in [6, 6.07) is 0. The molecule has 54 heteroatoms. The molecule has 90 heavy (non-hydrogen) atoms. The summed E-state index contributed by atoms with van der Waals surface area (Å²) in [5.41, 5.74) is 0. The van der Waals surface area contributed by atoms with Gasteiger partial charge in [-0.15, -0.1) is 50.5 Å². The van der Waals surface area contributed by atoms with Gasteiger partial charge in [0.05, 0.1) is 119 Å². The monoisotopic (exact) mass is 2250 g/mol. The maximum atomic E-state index is 10.2. The van der Waals surface area contributed by atoms with Crippen molar-refractivity contribution in [2.24, 2.45) is 0 Å². The van der Waals surface area contributed by atoms with Crippen LogP contribution < -0.4 is 40.6 Å². The van der Waals surface area contributed by atoms with Crippen LogP contribution in [0.3, 0.4) is 0 Å². The van der Waals surface area contributed by atoms with Gasteiger partial charge in [0.15, 0.2) is 0 Å². The molecular weight excluding hydrogens is 2140 g/mol. The molecule has 0 heterocycles. The Balaban J connectivity index is -0.0000000232. The molecule has 0 aromatic carbocycles. The first-order valence-corrected chi connectivity index (χ1v) is 72.1. The van der Waals surface area contributed by atoms with E-state index in [0.29, 0.717) is 0 Å². The standard InChI is InChI=1S/12C3H9OS.6FH.18O.6Sb/c12*1-5(2,3)4;;;;;;;;;;;;;;;;;;;;;;;;;;;;;;/h12*1-3H3;6*1H;;;;;;;;;;;;;;;;;;;;;;;;/q12*+1;;;;;;;;;;;;;12*-1;;;;;;. The van der Waals surface area contributed by atoms with Crippen LogP contribution in [0.1, 0.15) is 0 Å². The Morgan fingerprint density at radius 2 is 0.133 bits per heavy atom. The topological polar surface area (TPSA) is 584 Å². The second kappa shape index (κ2) is 89.7. The summed E-state index contributed by atoms with van der Waals surface area (Å²) in [5, 5.41) is 0. The van der Waals surface area contributed by atoms with Crippen molar-refractivity contribution >= 4 is 245 Å². The zero-order chi connectivity index (χ0) is 75.5. The Hall–Kier alpha value is 4.61. The van der Waals surface area contributed by atoms with Crippen LogP contribution in [-0.4, -0.2) is 351 Å². The van der Waals surface area contributed by atoms with Crippen molar-refractivity contribution in [1.82, 2.24) is 0 Å². The molecule has 0 saturated heterocycles. The third kappa shape index (κ3) is 36600. The molecule has 582 valence electrons. The quantitative estimate of drug-likeness (QED) is 0.123. The normalized spacial score (nSPS) is 9.60. The van der Waals surface area contributed by atoms with Gasteiger partial charge in [0.1, 0.15) is 225 Å².